The van der Waals surface area contributed by atoms with Crippen molar-refractivity contribution in [2.45, 2.75) is 58.4 Å². The summed E-state index contributed by atoms with van der Waals surface area (Å²) in [7, 11) is 0. The number of rotatable bonds is 20. The number of aliphatic hydroxyl groups excluding tert-OH is 1. The van der Waals surface area contributed by atoms with Gasteiger partial charge in [-0.15, -0.1) is 6.58 Å². The lowest BCUT2D eigenvalue weighted by molar-refractivity contribution is -0.180. The van der Waals surface area contributed by atoms with Gasteiger partial charge in [-0.1, -0.05) is 72.8 Å². The molecule has 36 heavy (non-hydrogen) atoms. The molecular weight excluding hydrogens is 456 g/mol. The number of hydrogen-bond donors (Lipinski definition) is 1. The maximum atomic E-state index is 10.2. The fourth-order valence-electron chi connectivity index (χ4n) is 3.54. The van der Waals surface area contributed by atoms with Gasteiger partial charge in [-0.2, -0.15) is 0 Å². The molecule has 0 fully saturated rings. The SMILES string of the molecule is C=CC[C@H](COCc1ccccc1C=CC[C@@H](O)COCc1ccccc1)OCC(OCC)OCC. The average Bonchev–Trinajstić information content (AvgIpc) is 2.89. The molecule has 0 radical (unpaired) electrons. The maximum Gasteiger partial charge on any atom is 0.180 e. The third-order valence-corrected chi connectivity index (χ3v) is 5.35. The van der Waals surface area contributed by atoms with Crippen molar-refractivity contribution in [2.75, 3.05) is 33.0 Å². The summed E-state index contributed by atoms with van der Waals surface area (Å²) in [4.78, 5) is 0. The van der Waals surface area contributed by atoms with Crippen molar-refractivity contribution in [2.24, 2.45) is 0 Å². The van der Waals surface area contributed by atoms with Gasteiger partial charge in [-0.3, -0.25) is 0 Å². The Hall–Kier alpha value is -2.32. The molecule has 0 saturated carbocycles. The molecule has 2 aromatic rings. The van der Waals surface area contributed by atoms with Crippen LogP contribution in [0, 0.1) is 0 Å². The van der Waals surface area contributed by atoms with E-state index in [1.807, 2.05) is 86.7 Å². The van der Waals surface area contributed by atoms with Crippen molar-refractivity contribution in [1.82, 2.24) is 0 Å². The maximum absolute atomic E-state index is 10.2. The van der Waals surface area contributed by atoms with E-state index in [2.05, 4.69) is 6.58 Å². The lowest BCUT2D eigenvalue weighted by Crippen LogP contribution is -2.29. The highest BCUT2D eigenvalue weighted by atomic mass is 16.7. The molecule has 2 atom stereocenters. The Morgan fingerprint density at radius 1 is 0.806 bits per heavy atom. The third kappa shape index (κ3) is 12.6. The summed E-state index contributed by atoms with van der Waals surface area (Å²) in [6.45, 7) is 10.9. The minimum atomic E-state index is -0.553. The number of ether oxygens (including phenoxy) is 5. The van der Waals surface area contributed by atoms with Crippen molar-refractivity contribution in [3.8, 4) is 0 Å². The van der Waals surface area contributed by atoms with Crippen LogP contribution < -0.4 is 0 Å². The van der Waals surface area contributed by atoms with E-state index in [-0.39, 0.29) is 12.4 Å². The van der Waals surface area contributed by atoms with Gasteiger partial charge in [0.25, 0.3) is 0 Å². The number of hydrogen-bond acceptors (Lipinski definition) is 6. The van der Waals surface area contributed by atoms with Gasteiger partial charge in [0.1, 0.15) is 0 Å². The van der Waals surface area contributed by atoms with Crippen molar-refractivity contribution in [3.63, 3.8) is 0 Å². The van der Waals surface area contributed by atoms with Crippen LogP contribution in [-0.2, 0) is 36.9 Å². The van der Waals surface area contributed by atoms with Gasteiger partial charge in [-0.25, -0.2) is 0 Å². The molecule has 0 aromatic heterocycles. The van der Waals surface area contributed by atoms with Gasteiger partial charge in [0.15, 0.2) is 6.29 Å². The Bertz CT molecular complexity index is 848. The second-order valence-electron chi connectivity index (χ2n) is 8.33. The molecule has 1 N–H and O–H groups in total. The normalized spacial score (nSPS) is 13.3. The molecule has 0 bridgehead atoms. The summed E-state index contributed by atoms with van der Waals surface area (Å²) < 4.78 is 28.7. The molecule has 0 saturated heterocycles. The van der Waals surface area contributed by atoms with Crippen LogP contribution >= 0.6 is 0 Å². The summed E-state index contributed by atoms with van der Waals surface area (Å²) in [5, 5.41) is 10.2. The topological polar surface area (TPSA) is 66.4 Å². The largest absolute Gasteiger partial charge is 0.390 e. The van der Waals surface area contributed by atoms with Crippen LogP contribution in [-0.4, -0.2) is 56.6 Å². The second kappa shape index (κ2) is 18.9. The van der Waals surface area contributed by atoms with Gasteiger partial charge in [-0.05, 0) is 43.4 Å². The second-order valence-corrected chi connectivity index (χ2v) is 8.33. The molecule has 198 valence electrons. The molecule has 6 nitrogen and oxygen atoms in total. The van der Waals surface area contributed by atoms with Crippen LogP contribution in [0.4, 0.5) is 0 Å². The molecule has 0 spiro atoms. The van der Waals surface area contributed by atoms with Crippen LogP contribution in [0.3, 0.4) is 0 Å². The Kier molecular flexibility index (Phi) is 15.7. The zero-order chi connectivity index (χ0) is 25.8. The van der Waals surface area contributed by atoms with E-state index in [4.69, 9.17) is 23.7 Å². The summed E-state index contributed by atoms with van der Waals surface area (Å²) in [6.07, 6.45) is 5.96. The summed E-state index contributed by atoms with van der Waals surface area (Å²) in [5.74, 6) is 0. The van der Waals surface area contributed by atoms with E-state index in [9.17, 15) is 5.11 Å². The van der Waals surface area contributed by atoms with Gasteiger partial charge in [0.2, 0.25) is 0 Å². The first-order valence-electron chi connectivity index (χ1n) is 12.7. The number of benzene rings is 2. The molecule has 0 aliphatic heterocycles. The van der Waals surface area contributed by atoms with E-state index in [0.29, 0.717) is 59.1 Å². The fourth-order valence-corrected chi connectivity index (χ4v) is 3.54. The third-order valence-electron chi connectivity index (χ3n) is 5.35. The van der Waals surface area contributed by atoms with Crippen molar-refractivity contribution < 1.29 is 28.8 Å². The first kappa shape index (κ1) is 29.9. The summed E-state index contributed by atoms with van der Waals surface area (Å²) in [5.41, 5.74) is 3.23. The van der Waals surface area contributed by atoms with E-state index in [1.165, 1.54) is 0 Å². The predicted molar refractivity (Wildman–Crippen MR) is 143 cm³/mol. The molecular formula is C30H42O6. The van der Waals surface area contributed by atoms with Crippen LogP contribution in [0.2, 0.25) is 0 Å². The Morgan fingerprint density at radius 3 is 2.22 bits per heavy atom. The molecule has 0 heterocycles. The Labute approximate surface area is 216 Å². The molecule has 0 aliphatic rings. The van der Waals surface area contributed by atoms with Crippen molar-refractivity contribution in [3.05, 3.63) is 90.0 Å². The van der Waals surface area contributed by atoms with Gasteiger partial charge in [0.05, 0.1) is 45.2 Å². The van der Waals surface area contributed by atoms with E-state index in [1.54, 1.807) is 0 Å². The quantitative estimate of drug-likeness (QED) is 0.191. The van der Waals surface area contributed by atoms with Crippen LogP contribution in [0.15, 0.2) is 73.3 Å². The van der Waals surface area contributed by atoms with E-state index in [0.717, 1.165) is 16.7 Å². The van der Waals surface area contributed by atoms with Gasteiger partial charge in [0, 0.05) is 13.2 Å². The minimum absolute atomic E-state index is 0.125. The van der Waals surface area contributed by atoms with E-state index >= 15 is 0 Å². The molecule has 0 unspecified atom stereocenters. The van der Waals surface area contributed by atoms with Crippen LogP contribution in [0.1, 0.15) is 43.4 Å². The highest BCUT2D eigenvalue weighted by Gasteiger charge is 2.14. The fraction of sp³-hybridized carbons (Fsp3) is 0.467. The van der Waals surface area contributed by atoms with Crippen molar-refractivity contribution in [1.29, 1.82) is 0 Å². The molecule has 6 heteroatoms. The zero-order valence-corrected chi connectivity index (χ0v) is 21.7. The standard InChI is InChI=1S/C30H42O6/c1-4-13-29(36-24-30(34-5-2)35-6-3)23-33-21-27-17-11-10-16-26(27)18-12-19-28(31)22-32-20-25-14-8-7-9-15-25/h4,7-12,14-18,28-31H,1,5-6,13,19-24H2,2-3H3/t28-,29-/m1/s1. The lowest BCUT2D eigenvalue weighted by atomic mass is 10.1. The smallest absolute Gasteiger partial charge is 0.180 e. The van der Waals surface area contributed by atoms with Crippen molar-refractivity contribution >= 4 is 6.08 Å². The molecule has 0 aliphatic carbocycles. The first-order chi connectivity index (χ1) is 17.7. The minimum Gasteiger partial charge on any atom is -0.390 e. The Morgan fingerprint density at radius 2 is 1.50 bits per heavy atom. The monoisotopic (exact) mass is 498 g/mol. The summed E-state index contributed by atoms with van der Waals surface area (Å²) >= 11 is 0. The highest BCUT2D eigenvalue weighted by molar-refractivity contribution is 5.53. The highest BCUT2D eigenvalue weighted by Crippen LogP contribution is 2.14. The zero-order valence-electron chi connectivity index (χ0n) is 21.7. The Balaban J connectivity index is 1.77. The number of aliphatic hydroxyl groups is 1. The lowest BCUT2D eigenvalue weighted by Gasteiger charge is -2.22. The molecule has 2 rings (SSSR count). The molecule has 0 amide bonds. The molecule has 2 aromatic carbocycles. The van der Waals surface area contributed by atoms with Crippen LogP contribution in [0.5, 0.6) is 0 Å². The van der Waals surface area contributed by atoms with E-state index < -0.39 is 6.10 Å². The van der Waals surface area contributed by atoms with Gasteiger partial charge >= 0.3 is 0 Å². The van der Waals surface area contributed by atoms with Crippen LogP contribution in [0.25, 0.3) is 6.08 Å². The average molecular weight is 499 g/mol. The predicted octanol–water partition coefficient (Wildman–Crippen LogP) is 5.54. The summed E-state index contributed by atoms with van der Waals surface area (Å²) in [6, 6.07) is 18.0. The first-order valence-corrected chi connectivity index (χ1v) is 12.7. The van der Waals surface area contributed by atoms with Gasteiger partial charge < -0.3 is 28.8 Å².